The van der Waals surface area contributed by atoms with Gasteiger partial charge >= 0.3 is 0 Å². The Morgan fingerprint density at radius 1 is 1.73 bits per heavy atom. The monoisotopic (exact) mass is 171 g/mol. The molecule has 0 bridgehead atoms. The summed E-state index contributed by atoms with van der Waals surface area (Å²) < 4.78 is 0. The molecule has 0 aliphatic heterocycles. The molecular formula is C8H13NOS. The van der Waals surface area contributed by atoms with E-state index in [-0.39, 0.29) is 12.1 Å². The predicted molar refractivity (Wildman–Crippen MR) is 47.8 cm³/mol. The molecule has 1 heterocycles. The Labute approximate surface area is 70.9 Å². The molecule has 0 radical (unpaired) electrons. The summed E-state index contributed by atoms with van der Waals surface area (Å²) in [5, 5.41) is 14.2. The van der Waals surface area contributed by atoms with Crippen molar-refractivity contribution >= 4 is 11.3 Å². The van der Waals surface area contributed by atoms with Crippen molar-refractivity contribution in [2.24, 2.45) is 0 Å². The molecule has 1 atom stereocenters. The average Bonchev–Trinajstić information content (AvgIpc) is 2.55. The molecule has 0 amide bonds. The zero-order valence-corrected chi connectivity index (χ0v) is 7.61. The van der Waals surface area contributed by atoms with Gasteiger partial charge in [-0.25, -0.2) is 0 Å². The Balaban J connectivity index is 2.87. The SMILES string of the molecule is CNC(C)(CO)c1cccs1. The molecule has 2 N–H and O–H groups in total. The Morgan fingerprint density at radius 3 is 2.82 bits per heavy atom. The minimum Gasteiger partial charge on any atom is -0.394 e. The summed E-state index contributed by atoms with van der Waals surface area (Å²) in [5.74, 6) is 0. The maximum atomic E-state index is 9.10. The van der Waals surface area contributed by atoms with Crippen LogP contribution in [-0.2, 0) is 5.54 Å². The van der Waals surface area contributed by atoms with E-state index in [2.05, 4.69) is 5.32 Å². The Morgan fingerprint density at radius 2 is 2.45 bits per heavy atom. The van der Waals surface area contributed by atoms with Crippen molar-refractivity contribution in [3.8, 4) is 0 Å². The fraction of sp³-hybridized carbons (Fsp3) is 0.500. The van der Waals surface area contributed by atoms with Crippen molar-refractivity contribution in [3.05, 3.63) is 22.4 Å². The van der Waals surface area contributed by atoms with Gasteiger partial charge in [0.15, 0.2) is 0 Å². The van der Waals surface area contributed by atoms with Gasteiger partial charge in [0.05, 0.1) is 12.1 Å². The number of rotatable bonds is 3. The molecule has 1 aromatic heterocycles. The highest BCUT2D eigenvalue weighted by Crippen LogP contribution is 2.23. The lowest BCUT2D eigenvalue weighted by molar-refractivity contribution is 0.186. The number of hydrogen-bond acceptors (Lipinski definition) is 3. The summed E-state index contributed by atoms with van der Waals surface area (Å²) in [7, 11) is 1.86. The van der Waals surface area contributed by atoms with Crippen LogP contribution in [0.4, 0.5) is 0 Å². The Kier molecular flexibility index (Phi) is 2.65. The van der Waals surface area contributed by atoms with Crippen LogP contribution in [0.3, 0.4) is 0 Å². The van der Waals surface area contributed by atoms with E-state index in [0.717, 1.165) is 0 Å². The predicted octanol–water partition coefficient (Wildman–Crippen LogP) is 1.18. The number of nitrogens with one attached hydrogen (secondary N) is 1. The van der Waals surface area contributed by atoms with Gasteiger partial charge in [0.25, 0.3) is 0 Å². The third-order valence-electron chi connectivity index (χ3n) is 1.93. The number of aliphatic hydroxyl groups excluding tert-OH is 1. The molecule has 0 aliphatic carbocycles. The van der Waals surface area contributed by atoms with E-state index in [1.54, 1.807) is 11.3 Å². The zero-order chi connectivity index (χ0) is 8.32. The lowest BCUT2D eigenvalue weighted by Crippen LogP contribution is -2.39. The highest BCUT2D eigenvalue weighted by Gasteiger charge is 2.23. The van der Waals surface area contributed by atoms with E-state index in [1.165, 1.54) is 4.88 Å². The molecule has 11 heavy (non-hydrogen) atoms. The second-order valence-electron chi connectivity index (χ2n) is 2.72. The zero-order valence-electron chi connectivity index (χ0n) is 6.79. The van der Waals surface area contributed by atoms with Gasteiger partial charge in [0, 0.05) is 4.88 Å². The largest absolute Gasteiger partial charge is 0.394 e. The van der Waals surface area contributed by atoms with Crippen molar-refractivity contribution < 1.29 is 5.11 Å². The topological polar surface area (TPSA) is 32.3 Å². The van der Waals surface area contributed by atoms with Gasteiger partial charge < -0.3 is 10.4 Å². The molecule has 2 nitrogen and oxygen atoms in total. The highest BCUT2D eigenvalue weighted by molar-refractivity contribution is 7.10. The molecule has 1 unspecified atom stereocenters. The first-order valence-electron chi connectivity index (χ1n) is 3.56. The normalized spacial score (nSPS) is 16.3. The lowest BCUT2D eigenvalue weighted by atomic mass is 10.0. The third-order valence-corrected chi connectivity index (χ3v) is 3.07. The van der Waals surface area contributed by atoms with Gasteiger partial charge in [-0.3, -0.25) is 0 Å². The van der Waals surface area contributed by atoms with E-state index in [4.69, 9.17) is 5.11 Å². The van der Waals surface area contributed by atoms with Crippen molar-refractivity contribution in [2.75, 3.05) is 13.7 Å². The Hall–Kier alpha value is -0.380. The van der Waals surface area contributed by atoms with Gasteiger partial charge in [-0.2, -0.15) is 0 Å². The number of thiophene rings is 1. The summed E-state index contributed by atoms with van der Waals surface area (Å²) in [4.78, 5) is 1.17. The van der Waals surface area contributed by atoms with E-state index in [1.807, 2.05) is 31.5 Å². The summed E-state index contributed by atoms with van der Waals surface area (Å²) in [5.41, 5.74) is -0.270. The molecule has 1 aromatic rings. The fourth-order valence-corrected chi connectivity index (χ4v) is 1.76. The van der Waals surface area contributed by atoms with Gasteiger partial charge in [-0.05, 0) is 25.4 Å². The van der Waals surface area contributed by atoms with Crippen LogP contribution >= 0.6 is 11.3 Å². The molecule has 1 rings (SSSR count). The molecule has 0 saturated heterocycles. The van der Waals surface area contributed by atoms with Crippen LogP contribution in [0, 0.1) is 0 Å². The van der Waals surface area contributed by atoms with Gasteiger partial charge in [0.1, 0.15) is 0 Å². The van der Waals surface area contributed by atoms with Crippen LogP contribution in [0.15, 0.2) is 17.5 Å². The van der Waals surface area contributed by atoms with E-state index in [9.17, 15) is 0 Å². The first-order chi connectivity index (χ1) is 5.23. The van der Waals surface area contributed by atoms with Crippen LogP contribution in [0.1, 0.15) is 11.8 Å². The van der Waals surface area contributed by atoms with Crippen molar-refractivity contribution in [2.45, 2.75) is 12.5 Å². The fourth-order valence-electron chi connectivity index (χ4n) is 0.873. The Bertz CT molecular complexity index is 204. The molecule has 62 valence electrons. The second kappa shape index (κ2) is 3.34. The van der Waals surface area contributed by atoms with Crippen LogP contribution in [0.25, 0.3) is 0 Å². The highest BCUT2D eigenvalue weighted by atomic mass is 32.1. The maximum absolute atomic E-state index is 9.10. The molecular weight excluding hydrogens is 158 g/mol. The van der Waals surface area contributed by atoms with Gasteiger partial charge in [-0.15, -0.1) is 11.3 Å². The number of hydrogen-bond donors (Lipinski definition) is 2. The smallest absolute Gasteiger partial charge is 0.0731 e. The maximum Gasteiger partial charge on any atom is 0.0731 e. The van der Waals surface area contributed by atoms with Crippen molar-refractivity contribution in [1.29, 1.82) is 0 Å². The van der Waals surface area contributed by atoms with E-state index < -0.39 is 0 Å². The molecule has 0 saturated carbocycles. The summed E-state index contributed by atoms with van der Waals surface area (Å²) in [6, 6.07) is 4.02. The second-order valence-corrected chi connectivity index (χ2v) is 3.67. The third kappa shape index (κ3) is 1.61. The van der Waals surface area contributed by atoms with Gasteiger partial charge in [0.2, 0.25) is 0 Å². The minimum atomic E-state index is -0.270. The average molecular weight is 171 g/mol. The van der Waals surface area contributed by atoms with E-state index >= 15 is 0 Å². The van der Waals surface area contributed by atoms with Gasteiger partial charge in [-0.1, -0.05) is 6.07 Å². The number of likely N-dealkylation sites (N-methyl/N-ethyl adjacent to an activating group) is 1. The summed E-state index contributed by atoms with van der Waals surface area (Å²) >= 11 is 1.66. The van der Waals surface area contributed by atoms with Crippen molar-refractivity contribution in [3.63, 3.8) is 0 Å². The standard InChI is InChI=1S/C8H13NOS/c1-8(6-10,9-2)7-4-3-5-11-7/h3-5,9-10H,6H2,1-2H3. The summed E-state index contributed by atoms with van der Waals surface area (Å²) in [6.07, 6.45) is 0. The summed E-state index contributed by atoms with van der Waals surface area (Å²) in [6.45, 7) is 2.11. The molecule has 3 heteroatoms. The lowest BCUT2D eigenvalue weighted by Gasteiger charge is -2.25. The van der Waals surface area contributed by atoms with Crippen molar-refractivity contribution in [1.82, 2.24) is 5.32 Å². The molecule has 0 aliphatic rings. The first kappa shape index (κ1) is 8.71. The number of aliphatic hydroxyl groups is 1. The van der Waals surface area contributed by atoms with Crippen LogP contribution in [0.2, 0.25) is 0 Å². The molecule has 0 spiro atoms. The molecule has 0 aromatic carbocycles. The van der Waals surface area contributed by atoms with E-state index in [0.29, 0.717) is 0 Å². The molecule has 0 fully saturated rings. The first-order valence-corrected chi connectivity index (χ1v) is 4.44. The minimum absolute atomic E-state index is 0.129. The quantitative estimate of drug-likeness (QED) is 0.715. The van der Waals surface area contributed by atoms with Crippen LogP contribution in [0.5, 0.6) is 0 Å². The van der Waals surface area contributed by atoms with Crippen LogP contribution < -0.4 is 5.32 Å². The van der Waals surface area contributed by atoms with Crippen LogP contribution in [-0.4, -0.2) is 18.8 Å².